The lowest BCUT2D eigenvalue weighted by molar-refractivity contribution is 0.386. The van der Waals surface area contributed by atoms with Gasteiger partial charge in [0.05, 0.1) is 30.1 Å². The molecule has 0 atom stereocenters. The Kier molecular flexibility index (Phi) is 4.54. The predicted molar refractivity (Wildman–Crippen MR) is 122 cm³/mol. The third-order valence-electron chi connectivity index (χ3n) is 5.32. The molecule has 2 aliphatic heterocycles. The molecule has 6 nitrogen and oxygen atoms in total. The topological polar surface area (TPSA) is 61.1 Å². The molecule has 3 heterocycles. The van der Waals surface area contributed by atoms with Crippen LogP contribution in [-0.2, 0) is 4.57 Å². The molecule has 0 unspecified atom stereocenters. The summed E-state index contributed by atoms with van der Waals surface area (Å²) in [5.41, 5.74) is 3.85. The molecule has 7 heteroatoms. The number of rotatable bonds is 5. The number of fused-ring (bicyclic) bond motifs is 1. The molecule has 0 fully saturated rings. The maximum Gasteiger partial charge on any atom is 0.231 e. The third kappa shape index (κ3) is 3.56. The van der Waals surface area contributed by atoms with Crippen molar-refractivity contribution >= 4 is 35.6 Å². The standard InChI is InChI=1S/C23H23N5OP/c1-30(2,29)21-9-5-4-8-19(21)28-20-16-24-23(26-22(20)28)25-17-10-12-18(13-11-17)27-14-6-3-7-15-27/h3-6,8-10,12-13,16H,7,14-15H2,1-2H3,(H,24,25,26)/q+1. The van der Waals surface area contributed by atoms with Gasteiger partial charge in [-0.2, -0.15) is 4.98 Å². The zero-order valence-corrected chi connectivity index (χ0v) is 17.9. The Morgan fingerprint density at radius 1 is 1.13 bits per heavy atom. The second-order valence-corrected chi connectivity index (χ2v) is 11.1. The maximum absolute atomic E-state index is 12.7. The fourth-order valence-electron chi connectivity index (χ4n) is 3.74. The highest BCUT2D eigenvalue weighted by Gasteiger charge is 2.37. The number of para-hydroxylation sites is 1. The van der Waals surface area contributed by atoms with Crippen LogP contribution in [0, 0.1) is 6.08 Å². The van der Waals surface area contributed by atoms with E-state index in [2.05, 4.69) is 44.5 Å². The molecule has 1 aromatic carbocycles. The zero-order chi connectivity index (χ0) is 20.7. The SMILES string of the molecule is CP(C)(=O)c1ccccc1N1c2cnc(NC3=[C+]C=C(N4CC=CCC4)C=C3)nc21. The van der Waals surface area contributed by atoms with Crippen LogP contribution >= 0.6 is 7.14 Å². The van der Waals surface area contributed by atoms with E-state index in [0.29, 0.717) is 5.95 Å². The Hall–Kier alpha value is -3.20. The van der Waals surface area contributed by atoms with E-state index in [9.17, 15) is 4.57 Å². The molecular weight excluding hydrogens is 393 g/mol. The second-order valence-electron chi connectivity index (χ2n) is 7.87. The van der Waals surface area contributed by atoms with Crippen molar-refractivity contribution in [2.45, 2.75) is 6.42 Å². The first-order valence-electron chi connectivity index (χ1n) is 10.0. The number of hydrogen-bond acceptors (Lipinski definition) is 6. The van der Waals surface area contributed by atoms with Crippen molar-refractivity contribution < 1.29 is 4.57 Å². The molecular formula is C23H23N5OP+. The monoisotopic (exact) mass is 416 g/mol. The lowest BCUT2D eigenvalue weighted by Crippen LogP contribution is -2.26. The number of anilines is 4. The van der Waals surface area contributed by atoms with Crippen molar-refractivity contribution in [2.75, 3.05) is 36.6 Å². The second kappa shape index (κ2) is 7.24. The third-order valence-corrected chi connectivity index (χ3v) is 6.86. The van der Waals surface area contributed by atoms with Gasteiger partial charge in [0.2, 0.25) is 11.6 Å². The van der Waals surface area contributed by atoms with Gasteiger partial charge in [-0.25, -0.2) is 4.98 Å². The van der Waals surface area contributed by atoms with Gasteiger partial charge < -0.3 is 9.46 Å². The van der Waals surface area contributed by atoms with E-state index in [1.807, 2.05) is 41.3 Å². The van der Waals surface area contributed by atoms with Gasteiger partial charge >= 0.3 is 0 Å². The summed E-state index contributed by atoms with van der Waals surface area (Å²) in [6.07, 6.45) is 16.7. The molecule has 0 spiro atoms. The van der Waals surface area contributed by atoms with E-state index < -0.39 is 7.14 Å². The van der Waals surface area contributed by atoms with Gasteiger partial charge in [-0.05, 0) is 31.9 Å². The van der Waals surface area contributed by atoms with Crippen LogP contribution in [-0.4, -0.2) is 41.3 Å². The lowest BCUT2D eigenvalue weighted by atomic mass is 10.1. The molecule has 0 amide bonds. The normalized spacial score (nSPS) is 17.1. The summed E-state index contributed by atoms with van der Waals surface area (Å²) in [7, 11) is -2.40. The van der Waals surface area contributed by atoms with Crippen molar-refractivity contribution in [3.63, 3.8) is 0 Å². The van der Waals surface area contributed by atoms with E-state index in [1.165, 1.54) is 0 Å². The first-order chi connectivity index (χ1) is 14.5. The van der Waals surface area contributed by atoms with E-state index >= 15 is 0 Å². The van der Waals surface area contributed by atoms with Crippen LogP contribution in [0.4, 0.5) is 23.1 Å². The fraction of sp³-hybridized carbons (Fsp3) is 0.217. The average Bonchev–Trinajstić information content (AvgIpc) is 3.47. The zero-order valence-electron chi connectivity index (χ0n) is 17.0. The molecule has 1 aromatic heterocycles. The molecule has 0 saturated heterocycles. The van der Waals surface area contributed by atoms with Crippen LogP contribution in [0.3, 0.4) is 0 Å². The van der Waals surface area contributed by atoms with E-state index in [4.69, 9.17) is 0 Å². The Morgan fingerprint density at radius 2 is 2.00 bits per heavy atom. The number of aromatic nitrogens is 2. The molecule has 0 radical (unpaired) electrons. The minimum absolute atomic E-state index is 0.523. The van der Waals surface area contributed by atoms with Gasteiger partial charge in [0.1, 0.15) is 24.6 Å². The van der Waals surface area contributed by atoms with Crippen LogP contribution in [0.15, 0.2) is 72.2 Å². The molecule has 0 saturated carbocycles. The first-order valence-corrected chi connectivity index (χ1v) is 12.6. The van der Waals surface area contributed by atoms with Crippen LogP contribution in [0.2, 0.25) is 0 Å². The number of nitrogens with one attached hydrogen (secondary N) is 1. The van der Waals surface area contributed by atoms with Gasteiger partial charge in [-0.1, -0.05) is 24.3 Å². The molecule has 1 aliphatic carbocycles. The van der Waals surface area contributed by atoms with Gasteiger partial charge in [0, 0.05) is 18.4 Å². The van der Waals surface area contributed by atoms with E-state index in [-0.39, 0.29) is 0 Å². The minimum Gasteiger partial charge on any atom is -0.319 e. The number of allylic oxidation sites excluding steroid dienone is 4. The van der Waals surface area contributed by atoms with Crippen LogP contribution in [0.1, 0.15) is 6.42 Å². The van der Waals surface area contributed by atoms with Crippen LogP contribution < -0.4 is 15.5 Å². The number of hydrogen-bond donors (Lipinski definition) is 1. The molecule has 1 N–H and O–H groups in total. The minimum atomic E-state index is -2.40. The molecule has 2 aromatic rings. The van der Waals surface area contributed by atoms with Crippen molar-refractivity contribution in [1.82, 2.24) is 14.9 Å². The van der Waals surface area contributed by atoms with Gasteiger partial charge in [0.15, 0.2) is 5.82 Å². The molecule has 150 valence electrons. The lowest BCUT2D eigenvalue weighted by Gasteiger charge is -2.22. The average molecular weight is 416 g/mol. The number of nitrogens with zero attached hydrogens (tertiary/aromatic N) is 4. The van der Waals surface area contributed by atoms with Crippen molar-refractivity contribution in [3.05, 3.63) is 78.3 Å². The summed E-state index contributed by atoms with van der Waals surface area (Å²) >= 11 is 0. The highest BCUT2D eigenvalue weighted by atomic mass is 31.2. The molecule has 5 rings (SSSR count). The maximum atomic E-state index is 12.7. The summed E-state index contributed by atoms with van der Waals surface area (Å²) in [5.74, 6) is 1.36. The summed E-state index contributed by atoms with van der Waals surface area (Å²) < 4.78 is 12.7. The summed E-state index contributed by atoms with van der Waals surface area (Å²) in [6, 6.07) is 7.78. The molecule has 3 aliphatic rings. The van der Waals surface area contributed by atoms with Crippen LogP contribution in [0.5, 0.6) is 0 Å². The highest BCUT2D eigenvalue weighted by molar-refractivity contribution is 7.70. The fourth-order valence-corrected chi connectivity index (χ4v) is 4.91. The quantitative estimate of drug-likeness (QED) is 0.289. The van der Waals surface area contributed by atoms with Gasteiger partial charge in [-0.3, -0.25) is 10.2 Å². The Labute approximate surface area is 176 Å². The Morgan fingerprint density at radius 3 is 2.73 bits per heavy atom. The van der Waals surface area contributed by atoms with E-state index in [1.54, 1.807) is 19.5 Å². The van der Waals surface area contributed by atoms with Crippen molar-refractivity contribution in [3.8, 4) is 0 Å². The Bertz CT molecular complexity index is 1170. The van der Waals surface area contributed by atoms with Gasteiger partial charge in [0.25, 0.3) is 0 Å². The smallest absolute Gasteiger partial charge is 0.231 e. The number of benzene rings is 1. The predicted octanol–water partition coefficient (Wildman–Crippen LogP) is 4.32. The summed E-state index contributed by atoms with van der Waals surface area (Å²) in [4.78, 5) is 13.4. The summed E-state index contributed by atoms with van der Waals surface area (Å²) in [6.45, 7) is 5.55. The van der Waals surface area contributed by atoms with Crippen LogP contribution in [0.25, 0.3) is 0 Å². The molecule has 0 bridgehead atoms. The first kappa shape index (κ1) is 18.8. The van der Waals surface area contributed by atoms with E-state index in [0.717, 1.165) is 53.4 Å². The van der Waals surface area contributed by atoms with Crippen molar-refractivity contribution in [1.29, 1.82) is 0 Å². The summed E-state index contributed by atoms with van der Waals surface area (Å²) in [5, 5.41) is 4.09. The van der Waals surface area contributed by atoms with Gasteiger partial charge in [-0.15, -0.1) is 0 Å². The molecule has 30 heavy (non-hydrogen) atoms. The largest absolute Gasteiger partial charge is 0.319 e. The highest BCUT2D eigenvalue weighted by Crippen LogP contribution is 2.53. The van der Waals surface area contributed by atoms with Crippen molar-refractivity contribution in [2.24, 2.45) is 0 Å². The Balaban J connectivity index is 1.32.